The number of carbonyl (C=O) groups is 1. The number of carbonyl (C=O) groups excluding carboxylic acids is 1. The Morgan fingerprint density at radius 1 is 0.923 bits per heavy atom. The molecule has 0 bridgehead atoms. The van der Waals surface area contributed by atoms with E-state index in [9.17, 15) is 13.2 Å². The van der Waals surface area contributed by atoms with Crippen LogP contribution in [-0.4, -0.2) is 33.7 Å². The molecule has 2 aromatic rings. The molecule has 2 heterocycles. The molecule has 0 radical (unpaired) electrons. The SMILES string of the molecule is CS(=O)(=O)N1CCCc2cc(C(=O)N3CCCc4ccccc43)ccc21. The van der Waals surface area contributed by atoms with Gasteiger partial charge in [0.1, 0.15) is 0 Å². The van der Waals surface area contributed by atoms with Gasteiger partial charge in [0.15, 0.2) is 0 Å². The average Bonchev–Trinajstić information content (AvgIpc) is 2.65. The summed E-state index contributed by atoms with van der Waals surface area (Å²) in [5.41, 5.74) is 4.44. The van der Waals surface area contributed by atoms with Gasteiger partial charge in [-0.2, -0.15) is 0 Å². The molecule has 4 rings (SSSR count). The average molecular weight is 370 g/mol. The number of hydrogen-bond acceptors (Lipinski definition) is 3. The first-order valence-electron chi connectivity index (χ1n) is 8.95. The smallest absolute Gasteiger partial charge is 0.258 e. The Morgan fingerprint density at radius 2 is 1.65 bits per heavy atom. The molecule has 0 saturated carbocycles. The third-order valence-corrected chi connectivity index (χ3v) is 6.34. The Morgan fingerprint density at radius 3 is 2.46 bits per heavy atom. The highest BCUT2D eigenvalue weighted by Crippen LogP contribution is 2.32. The molecule has 0 fully saturated rings. The van der Waals surface area contributed by atoms with Gasteiger partial charge in [0, 0.05) is 24.3 Å². The summed E-state index contributed by atoms with van der Waals surface area (Å²) in [4.78, 5) is 15.0. The first-order chi connectivity index (χ1) is 12.4. The lowest BCUT2D eigenvalue weighted by Crippen LogP contribution is -2.36. The van der Waals surface area contributed by atoms with Crippen molar-refractivity contribution in [3.8, 4) is 0 Å². The molecule has 0 saturated heterocycles. The number of amides is 1. The van der Waals surface area contributed by atoms with Gasteiger partial charge in [-0.1, -0.05) is 18.2 Å². The predicted molar refractivity (Wildman–Crippen MR) is 103 cm³/mol. The van der Waals surface area contributed by atoms with Crippen LogP contribution in [0.4, 0.5) is 11.4 Å². The molecule has 5 nitrogen and oxygen atoms in total. The zero-order valence-corrected chi connectivity index (χ0v) is 15.6. The van der Waals surface area contributed by atoms with E-state index in [1.807, 2.05) is 29.2 Å². The molecule has 0 atom stereocenters. The summed E-state index contributed by atoms with van der Waals surface area (Å²) in [6.45, 7) is 1.21. The van der Waals surface area contributed by atoms with Crippen LogP contribution in [0.15, 0.2) is 42.5 Å². The van der Waals surface area contributed by atoms with Crippen LogP contribution < -0.4 is 9.21 Å². The van der Waals surface area contributed by atoms with E-state index in [4.69, 9.17) is 0 Å². The molecule has 0 aromatic heterocycles. The molecule has 6 heteroatoms. The van der Waals surface area contributed by atoms with Crippen LogP contribution in [0.2, 0.25) is 0 Å². The van der Waals surface area contributed by atoms with Crippen LogP contribution in [0.1, 0.15) is 34.3 Å². The van der Waals surface area contributed by atoms with Gasteiger partial charge in [-0.3, -0.25) is 9.10 Å². The first kappa shape index (κ1) is 17.1. The van der Waals surface area contributed by atoms with Crippen molar-refractivity contribution in [3.05, 3.63) is 59.2 Å². The number of sulfonamides is 1. The highest BCUT2D eigenvalue weighted by atomic mass is 32.2. The fourth-order valence-corrected chi connectivity index (χ4v) is 4.94. The molecular formula is C20H22N2O3S. The number of hydrogen-bond donors (Lipinski definition) is 0. The van der Waals surface area contributed by atoms with E-state index in [2.05, 4.69) is 6.07 Å². The Bertz CT molecular complexity index is 969. The van der Waals surface area contributed by atoms with E-state index < -0.39 is 10.0 Å². The van der Waals surface area contributed by atoms with Gasteiger partial charge in [-0.25, -0.2) is 8.42 Å². The molecule has 2 aliphatic rings. The predicted octanol–water partition coefficient (Wildman–Crippen LogP) is 2.99. The summed E-state index contributed by atoms with van der Waals surface area (Å²) in [7, 11) is -3.29. The zero-order valence-electron chi connectivity index (χ0n) is 14.8. The van der Waals surface area contributed by atoms with Crippen LogP contribution in [0.5, 0.6) is 0 Å². The fourth-order valence-electron chi connectivity index (χ4n) is 3.94. The molecule has 1 amide bonds. The van der Waals surface area contributed by atoms with E-state index in [-0.39, 0.29) is 5.91 Å². The largest absolute Gasteiger partial charge is 0.308 e. The zero-order chi connectivity index (χ0) is 18.3. The lowest BCUT2D eigenvalue weighted by Gasteiger charge is -2.31. The molecule has 0 spiro atoms. The fraction of sp³-hybridized carbons (Fsp3) is 0.350. The van der Waals surface area contributed by atoms with E-state index in [1.54, 1.807) is 12.1 Å². The number of benzene rings is 2. The minimum atomic E-state index is -3.29. The number of anilines is 2. The van der Waals surface area contributed by atoms with Crippen LogP contribution in [0, 0.1) is 0 Å². The van der Waals surface area contributed by atoms with Crippen molar-refractivity contribution in [3.63, 3.8) is 0 Å². The monoisotopic (exact) mass is 370 g/mol. The molecule has 2 aliphatic heterocycles. The first-order valence-corrected chi connectivity index (χ1v) is 10.8. The van der Waals surface area contributed by atoms with Crippen LogP contribution in [0.25, 0.3) is 0 Å². The summed E-state index contributed by atoms with van der Waals surface area (Å²) < 4.78 is 25.4. The molecule has 0 aliphatic carbocycles. The second-order valence-corrected chi connectivity index (χ2v) is 8.88. The van der Waals surface area contributed by atoms with E-state index >= 15 is 0 Å². The number of nitrogens with zero attached hydrogens (tertiary/aromatic N) is 2. The second-order valence-electron chi connectivity index (χ2n) is 6.97. The summed E-state index contributed by atoms with van der Waals surface area (Å²) in [6, 6.07) is 13.4. The van der Waals surface area contributed by atoms with Gasteiger partial charge in [0.2, 0.25) is 10.0 Å². The number of rotatable bonds is 2. The third-order valence-electron chi connectivity index (χ3n) is 5.16. The maximum Gasteiger partial charge on any atom is 0.258 e. The van der Waals surface area contributed by atoms with Crippen molar-refractivity contribution in [1.82, 2.24) is 0 Å². The summed E-state index contributed by atoms with van der Waals surface area (Å²) in [5.74, 6) is -0.0172. The third kappa shape index (κ3) is 2.98. The second kappa shape index (κ2) is 6.43. The summed E-state index contributed by atoms with van der Waals surface area (Å²) >= 11 is 0. The van der Waals surface area contributed by atoms with Gasteiger partial charge in [-0.15, -0.1) is 0 Å². The molecular weight excluding hydrogens is 348 g/mol. The number of aryl methyl sites for hydroxylation is 2. The van der Waals surface area contributed by atoms with Crippen molar-refractivity contribution < 1.29 is 13.2 Å². The number of fused-ring (bicyclic) bond motifs is 2. The normalized spacial score (nSPS) is 16.8. The maximum atomic E-state index is 13.1. The number of para-hydroxylation sites is 1. The quantitative estimate of drug-likeness (QED) is 0.817. The van der Waals surface area contributed by atoms with Crippen molar-refractivity contribution >= 4 is 27.3 Å². The summed E-state index contributed by atoms with van der Waals surface area (Å²) in [6.07, 6.45) is 4.73. The van der Waals surface area contributed by atoms with Gasteiger partial charge in [-0.05, 0) is 61.1 Å². The minimum absolute atomic E-state index is 0.0172. The highest BCUT2D eigenvalue weighted by molar-refractivity contribution is 7.92. The Balaban J connectivity index is 1.69. The molecule has 136 valence electrons. The van der Waals surface area contributed by atoms with Gasteiger partial charge < -0.3 is 4.90 Å². The lowest BCUT2D eigenvalue weighted by molar-refractivity contribution is 0.0985. The van der Waals surface area contributed by atoms with Gasteiger partial charge in [0.25, 0.3) is 5.91 Å². The molecule has 26 heavy (non-hydrogen) atoms. The van der Waals surface area contributed by atoms with Gasteiger partial charge >= 0.3 is 0 Å². The topological polar surface area (TPSA) is 57.7 Å². The van der Waals surface area contributed by atoms with Crippen molar-refractivity contribution in [2.24, 2.45) is 0 Å². The standard InChI is InChI=1S/C20H22N2O3S/c1-26(24,25)22-13-5-8-16-14-17(10-11-19(16)22)20(23)21-12-4-7-15-6-2-3-9-18(15)21/h2-3,6,9-11,14H,4-5,7-8,12-13H2,1H3. The molecule has 2 aromatic carbocycles. The lowest BCUT2D eigenvalue weighted by atomic mass is 9.98. The van der Waals surface area contributed by atoms with Crippen molar-refractivity contribution in [1.29, 1.82) is 0 Å². The molecule has 0 unspecified atom stereocenters. The Labute approximate surface area is 154 Å². The van der Waals surface area contributed by atoms with E-state index in [1.165, 1.54) is 16.1 Å². The Kier molecular flexibility index (Phi) is 4.23. The van der Waals surface area contributed by atoms with E-state index in [0.717, 1.165) is 36.9 Å². The minimum Gasteiger partial charge on any atom is -0.308 e. The highest BCUT2D eigenvalue weighted by Gasteiger charge is 2.27. The summed E-state index contributed by atoms with van der Waals surface area (Å²) in [5, 5.41) is 0. The van der Waals surface area contributed by atoms with Crippen LogP contribution in [0.3, 0.4) is 0 Å². The Hall–Kier alpha value is -2.34. The van der Waals surface area contributed by atoms with Gasteiger partial charge in [0.05, 0.1) is 11.9 Å². The maximum absolute atomic E-state index is 13.1. The van der Waals surface area contributed by atoms with Crippen LogP contribution in [-0.2, 0) is 22.9 Å². The van der Waals surface area contributed by atoms with Crippen molar-refractivity contribution in [2.45, 2.75) is 25.7 Å². The van der Waals surface area contributed by atoms with E-state index in [0.29, 0.717) is 24.3 Å². The van der Waals surface area contributed by atoms with Crippen LogP contribution >= 0.6 is 0 Å². The molecule has 0 N–H and O–H groups in total. The van der Waals surface area contributed by atoms with Crippen molar-refractivity contribution in [2.75, 3.05) is 28.6 Å².